The van der Waals surface area contributed by atoms with Gasteiger partial charge in [0.15, 0.2) is 6.61 Å². The third-order valence-corrected chi connectivity index (χ3v) is 4.80. The summed E-state index contributed by atoms with van der Waals surface area (Å²) in [5, 5.41) is 3.58. The zero-order valence-corrected chi connectivity index (χ0v) is 16.2. The molecule has 1 N–H and O–H groups in total. The molecule has 0 aliphatic rings. The van der Waals surface area contributed by atoms with Crippen LogP contribution in [0.5, 0.6) is 0 Å². The van der Waals surface area contributed by atoms with Crippen LogP contribution < -0.4 is 5.32 Å². The van der Waals surface area contributed by atoms with Crippen molar-refractivity contribution in [1.82, 2.24) is 0 Å². The van der Waals surface area contributed by atoms with Gasteiger partial charge in [0.25, 0.3) is 5.91 Å². The second-order valence-corrected chi connectivity index (χ2v) is 7.39. The maximum atomic E-state index is 12.1. The highest BCUT2D eigenvalue weighted by Crippen LogP contribution is 2.25. The topological polar surface area (TPSA) is 81.7 Å². The molecule has 7 heteroatoms. The van der Waals surface area contributed by atoms with Crippen LogP contribution in [0.2, 0.25) is 0 Å². The van der Waals surface area contributed by atoms with Crippen LogP contribution in [-0.2, 0) is 14.3 Å². The van der Waals surface area contributed by atoms with Gasteiger partial charge in [-0.1, -0.05) is 18.2 Å². The van der Waals surface area contributed by atoms with Gasteiger partial charge >= 0.3 is 11.9 Å². The summed E-state index contributed by atoms with van der Waals surface area (Å²) in [7, 11) is 0. The van der Waals surface area contributed by atoms with Crippen molar-refractivity contribution in [3.05, 3.63) is 65.0 Å². The van der Waals surface area contributed by atoms with Crippen molar-refractivity contribution in [1.29, 1.82) is 0 Å². The lowest BCUT2D eigenvalue weighted by Crippen LogP contribution is -2.20. The average molecular weight is 397 g/mol. The fourth-order valence-electron chi connectivity index (χ4n) is 2.45. The highest BCUT2D eigenvalue weighted by atomic mass is 32.1. The monoisotopic (exact) mass is 397 g/mol. The van der Waals surface area contributed by atoms with Crippen LogP contribution in [0.3, 0.4) is 0 Å². The van der Waals surface area contributed by atoms with E-state index in [0.717, 1.165) is 10.1 Å². The Morgan fingerprint density at radius 2 is 1.71 bits per heavy atom. The lowest BCUT2D eigenvalue weighted by Gasteiger charge is -2.09. The van der Waals surface area contributed by atoms with Gasteiger partial charge in [-0.3, -0.25) is 4.79 Å². The Labute approximate surface area is 166 Å². The predicted octanol–water partition coefficient (Wildman–Crippen LogP) is 4.26. The molecule has 0 aliphatic carbocycles. The van der Waals surface area contributed by atoms with E-state index in [4.69, 9.17) is 9.47 Å². The molecular formula is C21H19NO5S. The van der Waals surface area contributed by atoms with E-state index in [1.165, 1.54) is 11.3 Å². The Balaban J connectivity index is 1.52. The first-order valence-electron chi connectivity index (χ1n) is 8.69. The van der Waals surface area contributed by atoms with E-state index in [1.54, 1.807) is 44.2 Å². The number of carbonyl (C=O) groups excluding carboxylic acids is 3. The van der Waals surface area contributed by atoms with Gasteiger partial charge in [-0.15, -0.1) is 11.3 Å². The van der Waals surface area contributed by atoms with Crippen LogP contribution in [0.15, 0.2) is 54.6 Å². The molecule has 0 radical (unpaired) electrons. The van der Waals surface area contributed by atoms with Gasteiger partial charge in [0.2, 0.25) is 0 Å². The molecule has 2 aromatic carbocycles. The van der Waals surface area contributed by atoms with Crippen molar-refractivity contribution >= 4 is 45.0 Å². The molecule has 1 heterocycles. The van der Waals surface area contributed by atoms with Crippen molar-refractivity contribution in [2.24, 2.45) is 0 Å². The molecule has 6 nitrogen and oxygen atoms in total. The predicted molar refractivity (Wildman–Crippen MR) is 108 cm³/mol. The minimum atomic E-state index is -0.539. The summed E-state index contributed by atoms with van der Waals surface area (Å²) in [5.41, 5.74) is 0.881. The first-order valence-corrected chi connectivity index (χ1v) is 9.50. The van der Waals surface area contributed by atoms with Gasteiger partial charge < -0.3 is 14.8 Å². The Bertz CT molecular complexity index is 974. The Morgan fingerprint density at radius 3 is 2.39 bits per heavy atom. The van der Waals surface area contributed by atoms with Crippen molar-refractivity contribution < 1.29 is 23.9 Å². The number of nitrogens with one attached hydrogen (secondary N) is 1. The lowest BCUT2D eigenvalue weighted by molar-refractivity contribution is -0.119. The molecule has 0 saturated carbocycles. The van der Waals surface area contributed by atoms with Crippen molar-refractivity contribution in [2.75, 3.05) is 11.9 Å². The maximum Gasteiger partial charge on any atom is 0.348 e. The third kappa shape index (κ3) is 4.95. The van der Waals surface area contributed by atoms with Crippen LogP contribution in [0.25, 0.3) is 10.1 Å². The van der Waals surface area contributed by atoms with Crippen molar-refractivity contribution in [2.45, 2.75) is 20.0 Å². The SMILES string of the molecule is CC(C)OC(=O)c1ccc(NC(=O)COC(=O)c2cc3ccccc3s2)cc1. The van der Waals surface area contributed by atoms with Gasteiger partial charge in [0, 0.05) is 10.4 Å². The third-order valence-electron chi connectivity index (χ3n) is 3.71. The molecule has 0 spiro atoms. The van der Waals surface area contributed by atoms with Gasteiger partial charge in [-0.25, -0.2) is 9.59 Å². The largest absolute Gasteiger partial charge is 0.459 e. The molecule has 1 aromatic heterocycles. The highest BCUT2D eigenvalue weighted by Gasteiger charge is 2.14. The van der Waals surface area contributed by atoms with Crippen molar-refractivity contribution in [3.63, 3.8) is 0 Å². The molecule has 0 saturated heterocycles. The maximum absolute atomic E-state index is 12.1. The quantitative estimate of drug-likeness (QED) is 0.629. The van der Waals surface area contributed by atoms with E-state index in [-0.39, 0.29) is 6.10 Å². The first-order chi connectivity index (χ1) is 13.4. The van der Waals surface area contributed by atoms with E-state index >= 15 is 0 Å². The highest BCUT2D eigenvalue weighted by molar-refractivity contribution is 7.20. The number of hydrogen-bond donors (Lipinski definition) is 1. The fraction of sp³-hybridized carbons (Fsp3) is 0.190. The standard InChI is InChI=1S/C21H19NO5S/c1-13(2)27-20(24)14-7-9-16(10-8-14)22-19(23)12-26-21(25)18-11-15-5-3-4-6-17(15)28-18/h3-11,13H,12H2,1-2H3,(H,22,23). The zero-order chi connectivity index (χ0) is 20.1. The Morgan fingerprint density at radius 1 is 1.00 bits per heavy atom. The Kier molecular flexibility index (Phi) is 6.06. The molecule has 144 valence electrons. The molecule has 0 bridgehead atoms. The van der Waals surface area contributed by atoms with E-state index in [9.17, 15) is 14.4 Å². The minimum absolute atomic E-state index is 0.206. The minimum Gasteiger partial charge on any atom is -0.459 e. The second-order valence-electron chi connectivity index (χ2n) is 6.30. The summed E-state index contributed by atoms with van der Waals surface area (Å²) in [6.07, 6.45) is -0.206. The number of esters is 2. The molecule has 0 fully saturated rings. The van der Waals surface area contributed by atoms with Crippen LogP contribution >= 0.6 is 11.3 Å². The molecular weight excluding hydrogens is 378 g/mol. The van der Waals surface area contributed by atoms with Gasteiger partial charge in [0.05, 0.1) is 11.7 Å². The molecule has 0 atom stereocenters. The summed E-state index contributed by atoms with van der Waals surface area (Å²) < 4.78 is 11.2. The average Bonchev–Trinajstić information content (AvgIpc) is 3.10. The number of fused-ring (bicyclic) bond motifs is 1. The van der Waals surface area contributed by atoms with Crippen LogP contribution in [-0.4, -0.2) is 30.6 Å². The van der Waals surface area contributed by atoms with E-state index in [0.29, 0.717) is 16.1 Å². The summed E-state index contributed by atoms with van der Waals surface area (Å²) in [6, 6.07) is 15.7. The second kappa shape index (κ2) is 8.67. The van der Waals surface area contributed by atoms with Gasteiger partial charge in [-0.2, -0.15) is 0 Å². The number of benzene rings is 2. The van der Waals surface area contributed by atoms with Crippen LogP contribution in [0, 0.1) is 0 Å². The molecule has 1 amide bonds. The summed E-state index contributed by atoms with van der Waals surface area (Å²) >= 11 is 1.32. The fourth-order valence-corrected chi connectivity index (χ4v) is 3.41. The number of hydrogen-bond acceptors (Lipinski definition) is 6. The summed E-state index contributed by atoms with van der Waals surface area (Å²) in [5.74, 6) is -1.43. The number of anilines is 1. The van der Waals surface area contributed by atoms with Gasteiger partial charge in [-0.05, 0) is 55.6 Å². The van der Waals surface area contributed by atoms with E-state index in [2.05, 4.69) is 5.32 Å². The normalized spacial score (nSPS) is 10.7. The number of amides is 1. The Hall–Kier alpha value is -3.19. The summed E-state index contributed by atoms with van der Waals surface area (Å²) in [6.45, 7) is 3.14. The number of carbonyl (C=O) groups is 3. The molecule has 0 aliphatic heterocycles. The molecule has 3 rings (SSSR count). The van der Waals surface area contributed by atoms with Crippen LogP contribution in [0.1, 0.15) is 33.9 Å². The van der Waals surface area contributed by atoms with E-state index in [1.807, 2.05) is 24.3 Å². The lowest BCUT2D eigenvalue weighted by atomic mass is 10.2. The van der Waals surface area contributed by atoms with Crippen molar-refractivity contribution in [3.8, 4) is 0 Å². The number of ether oxygens (including phenoxy) is 2. The molecule has 3 aromatic rings. The smallest absolute Gasteiger partial charge is 0.348 e. The summed E-state index contributed by atoms with van der Waals surface area (Å²) in [4.78, 5) is 36.4. The van der Waals surface area contributed by atoms with Crippen LogP contribution in [0.4, 0.5) is 5.69 Å². The first kappa shape index (κ1) is 19.6. The van der Waals surface area contributed by atoms with Gasteiger partial charge in [0.1, 0.15) is 4.88 Å². The van der Waals surface area contributed by atoms with E-state index < -0.39 is 24.5 Å². The number of thiophene rings is 1. The zero-order valence-electron chi connectivity index (χ0n) is 15.4. The number of rotatable bonds is 6. The molecule has 28 heavy (non-hydrogen) atoms. The molecule has 0 unspecified atom stereocenters.